The van der Waals surface area contributed by atoms with E-state index in [1.54, 1.807) is 11.4 Å². The zero-order valence-electron chi connectivity index (χ0n) is 15.2. The standard InChI is InChI=1S/C19H26N2O4S/c1-25-16-4-2-15(3-5-16)14-21-18(22)8-9-19(21)10-12-20(13-11-19)26(23,24)17-6-7-17/h2-5,17H,6-14H2,1H3. The molecule has 0 aromatic heterocycles. The lowest BCUT2D eigenvalue weighted by Gasteiger charge is -2.44. The van der Waals surface area contributed by atoms with Gasteiger partial charge in [0, 0.05) is 31.6 Å². The Kier molecular flexibility index (Phi) is 4.47. The molecule has 7 heteroatoms. The number of nitrogens with zero attached hydrogens (tertiary/aromatic N) is 2. The van der Waals surface area contributed by atoms with Gasteiger partial charge in [-0.25, -0.2) is 12.7 Å². The molecule has 1 aromatic carbocycles. The lowest BCUT2D eigenvalue weighted by Crippen LogP contribution is -2.54. The fourth-order valence-corrected chi connectivity index (χ4v) is 6.14. The largest absolute Gasteiger partial charge is 0.497 e. The SMILES string of the molecule is COc1ccc(CN2C(=O)CCC23CCN(S(=O)(=O)C2CC2)CC3)cc1. The Labute approximate surface area is 155 Å². The molecule has 26 heavy (non-hydrogen) atoms. The first kappa shape index (κ1) is 17.8. The summed E-state index contributed by atoms with van der Waals surface area (Å²) in [5, 5.41) is -0.155. The van der Waals surface area contributed by atoms with Crippen LogP contribution in [-0.2, 0) is 21.4 Å². The van der Waals surface area contributed by atoms with Crippen molar-refractivity contribution in [1.82, 2.24) is 9.21 Å². The number of amides is 1. The Morgan fingerprint density at radius 1 is 1.12 bits per heavy atom. The average molecular weight is 378 g/mol. The average Bonchev–Trinajstić information content (AvgIpc) is 3.47. The van der Waals surface area contributed by atoms with Crippen LogP contribution in [-0.4, -0.2) is 54.5 Å². The van der Waals surface area contributed by atoms with Crippen molar-refractivity contribution in [1.29, 1.82) is 0 Å². The Morgan fingerprint density at radius 2 is 1.77 bits per heavy atom. The maximum Gasteiger partial charge on any atom is 0.223 e. The maximum atomic E-state index is 12.5. The first-order valence-corrected chi connectivity index (χ1v) is 10.9. The van der Waals surface area contributed by atoms with Gasteiger partial charge in [-0.1, -0.05) is 12.1 Å². The van der Waals surface area contributed by atoms with Crippen molar-refractivity contribution >= 4 is 15.9 Å². The van der Waals surface area contributed by atoms with Gasteiger partial charge in [-0.15, -0.1) is 0 Å². The first-order chi connectivity index (χ1) is 12.4. The van der Waals surface area contributed by atoms with Gasteiger partial charge in [-0.05, 0) is 49.8 Å². The van der Waals surface area contributed by atoms with E-state index in [9.17, 15) is 13.2 Å². The molecule has 0 bridgehead atoms. The number of sulfonamides is 1. The second-order valence-electron chi connectivity index (χ2n) is 7.70. The highest BCUT2D eigenvalue weighted by Crippen LogP contribution is 2.42. The zero-order chi connectivity index (χ0) is 18.4. The van der Waals surface area contributed by atoms with Gasteiger partial charge >= 0.3 is 0 Å². The smallest absolute Gasteiger partial charge is 0.223 e. The Morgan fingerprint density at radius 3 is 2.35 bits per heavy atom. The second-order valence-corrected chi connectivity index (χ2v) is 9.91. The monoisotopic (exact) mass is 378 g/mol. The van der Waals surface area contributed by atoms with Gasteiger partial charge in [0.1, 0.15) is 5.75 Å². The number of hydrogen-bond donors (Lipinski definition) is 0. The molecule has 3 fully saturated rings. The predicted octanol–water partition coefficient (Wildman–Crippen LogP) is 2.14. The van der Waals surface area contributed by atoms with Gasteiger partial charge in [-0.2, -0.15) is 0 Å². The molecule has 2 saturated heterocycles. The van der Waals surface area contributed by atoms with Crippen molar-refractivity contribution in [2.24, 2.45) is 0 Å². The molecule has 2 aliphatic heterocycles. The van der Waals surface area contributed by atoms with Crippen LogP contribution < -0.4 is 4.74 Å². The van der Waals surface area contributed by atoms with E-state index in [0.29, 0.717) is 26.1 Å². The molecule has 3 aliphatic rings. The van der Waals surface area contributed by atoms with E-state index in [-0.39, 0.29) is 16.7 Å². The molecular weight excluding hydrogens is 352 g/mol. The number of piperidine rings is 1. The molecular formula is C19H26N2O4S. The van der Waals surface area contributed by atoms with E-state index in [1.807, 2.05) is 29.2 Å². The van der Waals surface area contributed by atoms with Crippen molar-refractivity contribution in [3.63, 3.8) is 0 Å². The van der Waals surface area contributed by atoms with Crippen LogP contribution in [0.15, 0.2) is 24.3 Å². The molecule has 2 heterocycles. The molecule has 1 saturated carbocycles. The lowest BCUT2D eigenvalue weighted by molar-refractivity contribution is -0.133. The summed E-state index contributed by atoms with van der Waals surface area (Å²) in [5.41, 5.74) is 0.889. The Hall–Kier alpha value is -1.60. The van der Waals surface area contributed by atoms with Crippen LogP contribution in [0.4, 0.5) is 0 Å². The summed E-state index contributed by atoms with van der Waals surface area (Å²) < 4.78 is 31.8. The molecule has 0 unspecified atom stereocenters. The summed E-state index contributed by atoms with van der Waals surface area (Å²) in [7, 11) is -1.48. The summed E-state index contributed by atoms with van der Waals surface area (Å²) in [5.74, 6) is 0.981. The van der Waals surface area contributed by atoms with Crippen LogP contribution in [0.2, 0.25) is 0 Å². The summed E-state index contributed by atoms with van der Waals surface area (Å²) in [6.45, 7) is 1.65. The zero-order valence-corrected chi connectivity index (χ0v) is 16.0. The molecule has 0 atom stereocenters. The van der Waals surface area contributed by atoms with Crippen molar-refractivity contribution in [3.8, 4) is 5.75 Å². The van der Waals surface area contributed by atoms with Gasteiger partial charge in [0.25, 0.3) is 0 Å². The predicted molar refractivity (Wildman–Crippen MR) is 98.3 cm³/mol. The van der Waals surface area contributed by atoms with E-state index in [2.05, 4.69) is 0 Å². The van der Waals surface area contributed by atoms with Gasteiger partial charge < -0.3 is 9.64 Å². The summed E-state index contributed by atoms with van der Waals surface area (Å²) in [6, 6.07) is 7.80. The second kappa shape index (κ2) is 6.53. The number of carbonyl (C=O) groups excluding carboxylic acids is 1. The highest BCUT2D eigenvalue weighted by atomic mass is 32.2. The van der Waals surface area contributed by atoms with E-state index in [1.165, 1.54) is 0 Å². The molecule has 0 radical (unpaired) electrons. The third kappa shape index (κ3) is 3.11. The molecule has 142 valence electrons. The van der Waals surface area contributed by atoms with Crippen molar-refractivity contribution in [3.05, 3.63) is 29.8 Å². The van der Waals surface area contributed by atoms with Gasteiger partial charge in [0.2, 0.25) is 15.9 Å². The molecule has 1 spiro atoms. The summed E-state index contributed by atoms with van der Waals surface area (Å²) in [6.07, 6.45) is 4.46. The molecule has 1 amide bonds. The number of ether oxygens (including phenoxy) is 1. The van der Waals surface area contributed by atoms with E-state index >= 15 is 0 Å². The van der Waals surface area contributed by atoms with Crippen LogP contribution >= 0.6 is 0 Å². The van der Waals surface area contributed by atoms with Crippen LogP contribution in [0.25, 0.3) is 0 Å². The summed E-state index contributed by atoms with van der Waals surface area (Å²) >= 11 is 0. The molecule has 1 aliphatic carbocycles. The highest BCUT2D eigenvalue weighted by Gasteiger charge is 2.49. The molecule has 0 N–H and O–H groups in total. The minimum absolute atomic E-state index is 0.155. The van der Waals surface area contributed by atoms with Crippen molar-refractivity contribution < 1.29 is 17.9 Å². The Balaban J connectivity index is 1.47. The van der Waals surface area contributed by atoms with Crippen LogP contribution in [0, 0.1) is 0 Å². The van der Waals surface area contributed by atoms with Crippen LogP contribution in [0.3, 0.4) is 0 Å². The van der Waals surface area contributed by atoms with Crippen LogP contribution in [0.5, 0.6) is 5.75 Å². The molecule has 4 rings (SSSR count). The topological polar surface area (TPSA) is 66.9 Å². The maximum absolute atomic E-state index is 12.5. The van der Waals surface area contributed by atoms with Crippen LogP contribution in [0.1, 0.15) is 44.1 Å². The minimum atomic E-state index is -3.12. The first-order valence-electron chi connectivity index (χ1n) is 9.37. The number of carbonyl (C=O) groups is 1. The fraction of sp³-hybridized carbons (Fsp3) is 0.632. The number of hydrogen-bond acceptors (Lipinski definition) is 4. The van der Waals surface area contributed by atoms with Crippen molar-refractivity contribution in [2.75, 3.05) is 20.2 Å². The third-order valence-corrected chi connectivity index (χ3v) is 8.54. The number of benzene rings is 1. The lowest BCUT2D eigenvalue weighted by atomic mass is 9.85. The Bertz CT molecular complexity index is 778. The summed E-state index contributed by atoms with van der Waals surface area (Å²) in [4.78, 5) is 14.5. The number of likely N-dealkylation sites (tertiary alicyclic amines) is 1. The van der Waals surface area contributed by atoms with Crippen molar-refractivity contribution in [2.45, 2.75) is 55.9 Å². The number of rotatable bonds is 5. The molecule has 6 nitrogen and oxygen atoms in total. The minimum Gasteiger partial charge on any atom is -0.497 e. The van der Waals surface area contributed by atoms with Gasteiger partial charge in [-0.3, -0.25) is 4.79 Å². The highest BCUT2D eigenvalue weighted by molar-refractivity contribution is 7.90. The quantitative estimate of drug-likeness (QED) is 0.787. The van der Waals surface area contributed by atoms with E-state index in [0.717, 1.165) is 43.4 Å². The van der Waals surface area contributed by atoms with Gasteiger partial charge in [0.15, 0.2) is 0 Å². The van der Waals surface area contributed by atoms with E-state index in [4.69, 9.17) is 4.74 Å². The number of methoxy groups -OCH3 is 1. The third-order valence-electron chi connectivity index (χ3n) is 6.14. The normalized spacial score (nSPS) is 23.6. The fourth-order valence-electron chi connectivity index (χ4n) is 4.30. The van der Waals surface area contributed by atoms with Gasteiger partial charge in [0.05, 0.1) is 12.4 Å². The van der Waals surface area contributed by atoms with E-state index < -0.39 is 10.0 Å². The molecule has 1 aromatic rings.